The highest BCUT2D eigenvalue weighted by Crippen LogP contribution is 2.54. The molecule has 4 rings (SSSR count). The van der Waals surface area contributed by atoms with Gasteiger partial charge in [0.2, 0.25) is 0 Å². The first-order valence-electron chi connectivity index (χ1n) is 10.0. The average Bonchev–Trinajstić information content (AvgIpc) is 2.76. The molecule has 0 radical (unpaired) electrons. The zero-order chi connectivity index (χ0) is 20.3. The monoisotopic (exact) mass is 384 g/mol. The second-order valence-corrected chi connectivity index (χ2v) is 9.75. The lowest BCUT2D eigenvalue weighted by atomic mass is 9.55. The van der Waals surface area contributed by atoms with Crippen molar-refractivity contribution in [1.82, 2.24) is 9.80 Å². The van der Waals surface area contributed by atoms with E-state index in [0.717, 1.165) is 25.9 Å². The van der Waals surface area contributed by atoms with Crippen LogP contribution in [-0.4, -0.2) is 52.9 Å². The molecule has 1 atom stereocenters. The van der Waals surface area contributed by atoms with Crippen molar-refractivity contribution in [2.75, 3.05) is 19.6 Å². The highest BCUT2D eigenvalue weighted by molar-refractivity contribution is 6.21. The normalized spacial score (nSPS) is 22.0. The van der Waals surface area contributed by atoms with Gasteiger partial charge in [0.1, 0.15) is 5.60 Å². The number of ether oxygens (including phenoxy) is 1. The fourth-order valence-electron chi connectivity index (χ4n) is 4.77. The van der Waals surface area contributed by atoms with E-state index in [1.54, 1.807) is 29.2 Å². The molecule has 1 aliphatic carbocycles. The van der Waals surface area contributed by atoms with Crippen LogP contribution < -0.4 is 0 Å². The van der Waals surface area contributed by atoms with Crippen molar-refractivity contribution in [2.45, 2.75) is 46.1 Å². The van der Waals surface area contributed by atoms with E-state index in [0.29, 0.717) is 23.6 Å². The summed E-state index contributed by atoms with van der Waals surface area (Å²) in [6, 6.07) is 7.02. The van der Waals surface area contributed by atoms with Crippen LogP contribution in [0, 0.1) is 17.3 Å². The maximum atomic E-state index is 12.5. The Balaban J connectivity index is 1.28. The molecule has 0 N–H and O–H groups in total. The van der Waals surface area contributed by atoms with Gasteiger partial charge in [0.05, 0.1) is 11.1 Å². The lowest BCUT2D eigenvalue weighted by molar-refractivity contribution is -0.107. The quantitative estimate of drug-likeness (QED) is 0.747. The molecule has 3 amide bonds. The lowest BCUT2D eigenvalue weighted by Gasteiger charge is -2.60. The topological polar surface area (TPSA) is 66.9 Å². The van der Waals surface area contributed by atoms with Crippen molar-refractivity contribution in [3.63, 3.8) is 0 Å². The number of hydrogen-bond donors (Lipinski definition) is 0. The second kappa shape index (κ2) is 6.33. The molecular weight excluding hydrogens is 356 g/mol. The maximum absolute atomic E-state index is 12.5. The molecule has 1 aromatic rings. The van der Waals surface area contributed by atoms with E-state index < -0.39 is 5.60 Å². The maximum Gasteiger partial charge on any atom is 0.410 e. The SMILES string of the molecule is C[C@H](CN1C(=O)c2ccccc2C1=O)C1CC2(C1)CN(C(=O)OC(C)(C)C)C2. The summed E-state index contributed by atoms with van der Waals surface area (Å²) in [5.41, 5.74) is 0.759. The number of imide groups is 1. The van der Waals surface area contributed by atoms with Crippen LogP contribution in [0.5, 0.6) is 0 Å². The van der Waals surface area contributed by atoms with Crippen LogP contribution in [0.3, 0.4) is 0 Å². The van der Waals surface area contributed by atoms with E-state index in [9.17, 15) is 14.4 Å². The van der Waals surface area contributed by atoms with Gasteiger partial charge in [-0.25, -0.2) is 4.79 Å². The molecule has 2 aliphatic heterocycles. The van der Waals surface area contributed by atoms with Gasteiger partial charge in [0, 0.05) is 25.0 Å². The molecule has 150 valence electrons. The van der Waals surface area contributed by atoms with E-state index in [2.05, 4.69) is 6.92 Å². The second-order valence-electron chi connectivity index (χ2n) is 9.75. The fourth-order valence-corrected chi connectivity index (χ4v) is 4.77. The number of amides is 3. The number of fused-ring (bicyclic) bond motifs is 1. The van der Waals surface area contributed by atoms with Gasteiger partial charge < -0.3 is 9.64 Å². The third kappa shape index (κ3) is 3.19. The minimum Gasteiger partial charge on any atom is -0.444 e. The van der Waals surface area contributed by atoms with Gasteiger partial charge in [-0.05, 0) is 57.6 Å². The van der Waals surface area contributed by atoms with Crippen molar-refractivity contribution >= 4 is 17.9 Å². The Kier molecular flexibility index (Phi) is 4.28. The highest BCUT2D eigenvalue weighted by Gasteiger charge is 2.55. The van der Waals surface area contributed by atoms with Gasteiger partial charge in [-0.3, -0.25) is 14.5 Å². The Bertz CT molecular complexity index is 792. The minimum atomic E-state index is -0.469. The smallest absolute Gasteiger partial charge is 0.410 e. The highest BCUT2D eigenvalue weighted by atomic mass is 16.6. The summed E-state index contributed by atoms with van der Waals surface area (Å²) < 4.78 is 5.43. The molecule has 2 heterocycles. The molecular formula is C22H28N2O4. The van der Waals surface area contributed by atoms with Gasteiger partial charge in [0.25, 0.3) is 11.8 Å². The predicted octanol–water partition coefficient (Wildman–Crippen LogP) is 3.57. The summed E-state index contributed by atoms with van der Waals surface area (Å²) in [4.78, 5) is 40.4. The average molecular weight is 384 g/mol. The fraction of sp³-hybridized carbons (Fsp3) is 0.591. The first-order chi connectivity index (χ1) is 13.1. The summed E-state index contributed by atoms with van der Waals surface area (Å²) in [5, 5.41) is 0. The minimum absolute atomic E-state index is 0.179. The molecule has 1 spiro atoms. The number of carbonyl (C=O) groups is 3. The van der Waals surface area contributed by atoms with Crippen LogP contribution in [0.25, 0.3) is 0 Å². The van der Waals surface area contributed by atoms with E-state index >= 15 is 0 Å². The van der Waals surface area contributed by atoms with Crippen LogP contribution in [-0.2, 0) is 4.74 Å². The standard InChI is InChI=1S/C22H28N2O4/c1-14(11-24-18(25)16-7-5-6-8-17(16)19(24)26)15-9-22(10-15)12-23(13-22)20(27)28-21(2,3)4/h5-8,14-15H,9-13H2,1-4H3/t14-/m1/s1. The number of hydrogen-bond acceptors (Lipinski definition) is 4. The summed E-state index contributed by atoms with van der Waals surface area (Å²) in [6.07, 6.45) is 1.84. The van der Waals surface area contributed by atoms with Gasteiger partial charge in [-0.15, -0.1) is 0 Å². The van der Waals surface area contributed by atoms with E-state index in [-0.39, 0.29) is 29.2 Å². The number of nitrogens with zero attached hydrogens (tertiary/aromatic N) is 2. The van der Waals surface area contributed by atoms with Crippen LogP contribution in [0.2, 0.25) is 0 Å². The van der Waals surface area contributed by atoms with E-state index in [4.69, 9.17) is 4.74 Å². The number of likely N-dealkylation sites (tertiary alicyclic amines) is 1. The Morgan fingerprint density at radius 3 is 2.18 bits per heavy atom. The molecule has 3 aliphatic rings. The lowest BCUT2D eigenvalue weighted by Crippen LogP contribution is -2.65. The third-order valence-electron chi connectivity index (χ3n) is 6.25. The van der Waals surface area contributed by atoms with Crippen LogP contribution in [0.4, 0.5) is 4.79 Å². The molecule has 6 nitrogen and oxygen atoms in total. The Morgan fingerprint density at radius 2 is 1.68 bits per heavy atom. The van der Waals surface area contributed by atoms with Gasteiger partial charge in [-0.2, -0.15) is 0 Å². The Morgan fingerprint density at radius 1 is 1.14 bits per heavy atom. The zero-order valence-corrected chi connectivity index (χ0v) is 17.0. The number of benzene rings is 1. The van der Waals surface area contributed by atoms with Crippen LogP contribution in [0.15, 0.2) is 24.3 Å². The Hall–Kier alpha value is -2.37. The van der Waals surface area contributed by atoms with Crippen molar-refractivity contribution in [3.8, 4) is 0 Å². The molecule has 0 unspecified atom stereocenters. The van der Waals surface area contributed by atoms with Gasteiger partial charge >= 0.3 is 6.09 Å². The zero-order valence-electron chi connectivity index (χ0n) is 17.0. The molecule has 28 heavy (non-hydrogen) atoms. The van der Waals surface area contributed by atoms with Gasteiger partial charge in [0.15, 0.2) is 0 Å². The van der Waals surface area contributed by atoms with E-state index in [1.165, 1.54) is 4.90 Å². The third-order valence-corrected chi connectivity index (χ3v) is 6.25. The summed E-state index contributed by atoms with van der Waals surface area (Å²) in [6.45, 7) is 9.70. The largest absolute Gasteiger partial charge is 0.444 e. The number of carbonyl (C=O) groups excluding carboxylic acids is 3. The molecule has 1 aromatic carbocycles. The first kappa shape index (κ1) is 19.0. The molecule has 0 bridgehead atoms. The van der Waals surface area contributed by atoms with Gasteiger partial charge in [-0.1, -0.05) is 19.1 Å². The van der Waals surface area contributed by atoms with Crippen molar-refractivity contribution in [3.05, 3.63) is 35.4 Å². The summed E-state index contributed by atoms with van der Waals surface area (Å²) >= 11 is 0. The van der Waals surface area contributed by atoms with Crippen molar-refractivity contribution in [2.24, 2.45) is 17.3 Å². The molecule has 2 fully saturated rings. The van der Waals surface area contributed by atoms with Crippen LogP contribution in [0.1, 0.15) is 61.3 Å². The van der Waals surface area contributed by atoms with Crippen molar-refractivity contribution in [1.29, 1.82) is 0 Å². The Labute approximate surface area is 165 Å². The summed E-state index contributed by atoms with van der Waals surface area (Å²) in [7, 11) is 0. The summed E-state index contributed by atoms with van der Waals surface area (Å²) in [5.74, 6) is 0.371. The number of rotatable bonds is 3. The first-order valence-corrected chi connectivity index (χ1v) is 10.0. The molecule has 0 aromatic heterocycles. The van der Waals surface area contributed by atoms with Crippen LogP contribution >= 0.6 is 0 Å². The molecule has 6 heteroatoms. The van der Waals surface area contributed by atoms with E-state index in [1.807, 2.05) is 20.8 Å². The van der Waals surface area contributed by atoms with Crippen molar-refractivity contribution < 1.29 is 19.1 Å². The molecule has 1 saturated heterocycles. The predicted molar refractivity (Wildman–Crippen MR) is 104 cm³/mol. The molecule has 1 saturated carbocycles.